The molecule has 0 saturated heterocycles. The van der Waals surface area contributed by atoms with E-state index in [1.54, 1.807) is 0 Å². The standard InChI is InChI=1S/C46H32N2/c1-2-9-31(10-3-1)32-17-23-37(24-18-32)48(43-16-8-13-33-11-4-6-14-38(33)43)44-28-22-36-19-25-39-42(47-30-29-34-12-5-7-15-41(34)47)27-21-35-20-26-40(44)46(36)45(35)39/h1-28H,29-30H2. The smallest absolute Gasteiger partial charge is 0.0540 e. The first-order valence-corrected chi connectivity index (χ1v) is 16.8. The van der Waals surface area contributed by atoms with Gasteiger partial charge in [-0.3, -0.25) is 0 Å². The van der Waals surface area contributed by atoms with Crippen LogP contribution in [0, 0.1) is 0 Å². The van der Waals surface area contributed by atoms with Crippen molar-refractivity contribution in [2.45, 2.75) is 6.42 Å². The Hall–Kier alpha value is -6.12. The Morgan fingerprint density at radius 1 is 0.396 bits per heavy atom. The third-order valence-corrected chi connectivity index (χ3v) is 10.3. The Bertz CT molecular complexity index is 2620. The van der Waals surface area contributed by atoms with E-state index in [9.17, 15) is 0 Å². The molecule has 0 aliphatic carbocycles. The summed E-state index contributed by atoms with van der Waals surface area (Å²) in [6.45, 7) is 1.00. The topological polar surface area (TPSA) is 6.48 Å². The van der Waals surface area contributed by atoms with Crippen molar-refractivity contribution < 1.29 is 0 Å². The largest absolute Gasteiger partial charge is 0.340 e. The highest BCUT2D eigenvalue weighted by atomic mass is 15.2. The molecule has 1 aliphatic rings. The zero-order chi connectivity index (χ0) is 31.6. The Morgan fingerprint density at radius 3 is 1.92 bits per heavy atom. The number of hydrogen-bond donors (Lipinski definition) is 0. The first kappa shape index (κ1) is 27.0. The molecule has 1 heterocycles. The molecule has 0 N–H and O–H groups in total. The number of hydrogen-bond acceptors (Lipinski definition) is 2. The maximum atomic E-state index is 2.51. The lowest BCUT2D eigenvalue weighted by atomic mass is 9.91. The summed E-state index contributed by atoms with van der Waals surface area (Å²) in [5.74, 6) is 0. The predicted molar refractivity (Wildman–Crippen MR) is 205 cm³/mol. The van der Waals surface area contributed by atoms with E-state index < -0.39 is 0 Å². The average Bonchev–Trinajstić information content (AvgIpc) is 3.59. The first-order valence-electron chi connectivity index (χ1n) is 16.8. The van der Waals surface area contributed by atoms with E-state index in [0.29, 0.717) is 0 Å². The lowest BCUT2D eigenvalue weighted by Gasteiger charge is -2.29. The normalized spacial score (nSPS) is 12.8. The molecule has 48 heavy (non-hydrogen) atoms. The Kier molecular flexibility index (Phi) is 6.04. The molecule has 0 spiro atoms. The Balaban J connectivity index is 1.22. The molecule has 9 aromatic rings. The highest BCUT2D eigenvalue weighted by Crippen LogP contribution is 2.48. The highest BCUT2D eigenvalue weighted by Gasteiger charge is 2.24. The fourth-order valence-electron chi connectivity index (χ4n) is 8.03. The Labute approximate surface area is 280 Å². The molecule has 9 aromatic carbocycles. The van der Waals surface area contributed by atoms with Gasteiger partial charge < -0.3 is 9.80 Å². The van der Waals surface area contributed by atoms with Crippen LogP contribution >= 0.6 is 0 Å². The summed E-state index contributed by atoms with van der Waals surface area (Å²) in [6.07, 6.45) is 1.07. The van der Waals surface area contributed by atoms with Gasteiger partial charge >= 0.3 is 0 Å². The van der Waals surface area contributed by atoms with Crippen molar-refractivity contribution in [1.29, 1.82) is 0 Å². The number of fused-ring (bicyclic) bond motifs is 2. The molecule has 0 radical (unpaired) electrons. The maximum Gasteiger partial charge on any atom is 0.0540 e. The first-order chi connectivity index (χ1) is 23.8. The predicted octanol–water partition coefficient (Wildman–Crippen LogP) is 12.6. The minimum atomic E-state index is 1.00. The molecule has 0 atom stereocenters. The molecule has 0 unspecified atom stereocenters. The van der Waals surface area contributed by atoms with Gasteiger partial charge in [-0.25, -0.2) is 0 Å². The summed E-state index contributed by atoms with van der Waals surface area (Å²) in [7, 11) is 0. The van der Waals surface area contributed by atoms with Crippen LogP contribution in [0.5, 0.6) is 0 Å². The summed E-state index contributed by atoms with van der Waals surface area (Å²) >= 11 is 0. The molecule has 0 bridgehead atoms. The SMILES string of the molecule is c1ccc(-c2ccc(N(c3cccc4ccccc34)c3ccc4ccc5c(N6CCc7ccccc76)ccc6ccc3c4c65)cc2)cc1. The van der Waals surface area contributed by atoms with Gasteiger partial charge in [0.05, 0.1) is 11.4 Å². The Morgan fingerprint density at radius 2 is 1.04 bits per heavy atom. The molecule has 0 amide bonds. The van der Waals surface area contributed by atoms with Crippen LogP contribution < -0.4 is 9.80 Å². The monoisotopic (exact) mass is 612 g/mol. The third kappa shape index (κ3) is 4.13. The van der Waals surface area contributed by atoms with Crippen LogP contribution in [0.25, 0.3) is 54.2 Å². The summed E-state index contributed by atoms with van der Waals surface area (Å²) < 4.78 is 0. The fraction of sp³-hybridized carbons (Fsp3) is 0.0435. The van der Waals surface area contributed by atoms with Gasteiger partial charge in [0.25, 0.3) is 0 Å². The van der Waals surface area contributed by atoms with E-state index in [1.165, 1.54) is 82.5 Å². The van der Waals surface area contributed by atoms with Crippen molar-refractivity contribution in [2.24, 2.45) is 0 Å². The number of nitrogens with zero attached hydrogens (tertiary/aromatic N) is 2. The van der Waals surface area contributed by atoms with Gasteiger partial charge in [-0.1, -0.05) is 133 Å². The number of rotatable bonds is 5. The minimum Gasteiger partial charge on any atom is -0.340 e. The molecular formula is C46H32N2. The molecule has 226 valence electrons. The van der Waals surface area contributed by atoms with Crippen molar-refractivity contribution >= 4 is 71.5 Å². The summed E-state index contributed by atoms with van der Waals surface area (Å²) in [5, 5.41) is 10.2. The van der Waals surface area contributed by atoms with Gasteiger partial charge in [-0.05, 0) is 86.4 Å². The minimum absolute atomic E-state index is 1.00. The third-order valence-electron chi connectivity index (χ3n) is 10.3. The average molecular weight is 613 g/mol. The van der Waals surface area contributed by atoms with Crippen molar-refractivity contribution in [2.75, 3.05) is 16.3 Å². The van der Waals surface area contributed by atoms with Crippen molar-refractivity contribution in [1.82, 2.24) is 0 Å². The van der Waals surface area contributed by atoms with Crippen molar-refractivity contribution in [3.8, 4) is 11.1 Å². The molecular weight excluding hydrogens is 581 g/mol. The second-order valence-electron chi connectivity index (χ2n) is 12.9. The van der Waals surface area contributed by atoms with Crippen LogP contribution in [0.1, 0.15) is 5.56 Å². The van der Waals surface area contributed by atoms with Crippen molar-refractivity contribution in [3.05, 3.63) is 175 Å². The van der Waals surface area contributed by atoms with Crippen LogP contribution in [0.15, 0.2) is 170 Å². The second-order valence-corrected chi connectivity index (χ2v) is 12.9. The van der Waals surface area contributed by atoms with Gasteiger partial charge in [0.2, 0.25) is 0 Å². The summed E-state index contributed by atoms with van der Waals surface area (Å²) in [5.41, 5.74) is 9.96. The lowest BCUT2D eigenvalue weighted by molar-refractivity contribution is 1.00. The van der Waals surface area contributed by atoms with E-state index in [2.05, 4.69) is 180 Å². The van der Waals surface area contributed by atoms with Gasteiger partial charge in [-0.15, -0.1) is 0 Å². The van der Waals surface area contributed by atoms with Gasteiger partial charge in [0.1, 0.15) is 0 Å². The van der Waals surface area contributed by atoms with Crippen molar-refractivity contribution in [3.63, 3.8) is 0 Å². The number of para-hydroxylation sites is 1. The van der Waals surface area contributed by atoms with E-state index >= 15 is 0 Å². The second kappa shape index (κ2) is 10.7. The van der Waals surface area contributed by atoms with Crippen LogP contribution in [-0.4, -0.2) is 6.54 Å². The zero-order valence-electron chi connectivity index (χ0n) is 26.5. The quantitative estimate of drug-likeness (QED) is 0.178. The molecule has 0 saturated carbocycles. The highest BCUT2D eigenvalue weighted by molar-refractivity contribution is 6.28. The van der Waals surface area contributed by atoms with Crippen LogP contribution in [0.2, 0.25) is 0 Å². The lowest BCUT2D eigenvalue weighted by Crippen LogP contribution is -2.13. The molecule has 0 aromatic heterocycles. The van der Waals surface area contributed by atoms with Crippen LogP contribution in [0.4, 0.5) is 28.4 Å². The van der Waals surface area contributed by atoms with Gasteiger partial charge in [0.15, 0.2) is 0 Å². The molecule has 2 nitrogen and oxygen atoms in total. The maximum absolute atomic E-state index is 2.51. The van der Waals surface area contributed by atoms with E-state index in [-0.39, 0.29) is 0 Å². The van der Waals surface area contributed by atoms with Crippen LogP contribution in [0.3, 0.4) is 0 Å². The van der Waals surface area contributed by atoms with E-state index in [1.807, 2.05) is 0 Å². The van der Waals surface area contributed by atoms with Crippen LogP contribution in [-0.2, 0) is 6.42 Å². The van der Waals surface area contributed by atoms with Gasteiger partial charge in [0, 0.05) is 39.8 Å². The number of benzene rings is 9. The molecule has 10 rings (SSSR count). The summed E-state index contributed by atoms with van der Waals surface area (Å²) in [4.78, 5) is 4.97. The molecule has 1 aliphatic heterocycles. The summed E-state index contributed by atoms with van der Waals surface area (Å²) in [6, 6.07) is 62.4. The number of anilines is 5. The fourth-order valence-corrected chi connectivity index (χ4v) is 8.03. The molecule has 0 fully saturated rings. The van der Waals surface area contributed by atoms with E-state index in [0.717, 1.165) is 18.7 Å². The van der Waals surface area contributed by atoms with Gasteiger partial charge in [-0.2, -0.15) is 0 Å². The van der Waals surface area contributed by atoms with E-state index in [4.69, 9.17) is 0 Å². The molecule has 2 heteroatoms. The zero-order valence-corrected chi connectivity index (χ0v) is 26.5.